The molecule has 0 bridgehead atoms. The molecule has 1 rings (SSSR count). The number of rotatable bonds is 6. The average Bonchev–Trinajstić information content (AvgIpc) is 2.26. The van der Waals surface area contributed by atoms with Crippen LogP contribution in [0.4, 0.5) is 0 Å². The number of hydrogen-bond acceptors (Lipinski definition) is 2. The summed E-state index contributed by atoms with van der Waals surface area (Å²) in [5.74, 6) is 2.29. The molecule has 1 aliphatic carbocycles. The highest BCUT2D eigenvalue weighted by Gasteiger charge is 2.18. The summed E-state index contributed by atoms with van der Waals surface area (Å²) >= 11 is 0. The minimum Gasteiger partial charge on any atom is -0.355 e. The van der Waals surface area contributed by atoms with Crippen molar-refractivity contribution in [1.82, 2.24) is 10.6 Å². The van der Waals surface area contributed by atoms with E-state index in [4.69, 9.17) is 0 Å². The van der Waals surface area contributed by atoms with E-state index < -0.39 is 0 Å². The second-order valence-corrected chi connectivity index (χ2v) is 5.97. The third kappa shape index (κ3) is 6.67. The standard InChI is InChI=1S/C14H28N2O/c1-11(2)8-16-14(17)10-15-9-13-6-4-5-12(3)7-13/h11-13,15H,4-10H2,1-3H3,(H,16,17). The molecule has 1 amide bonds. The third-order valence-electron chi connectivity index (χ3n) is 3.47. The Bertz CT molecular complexity index is 228. The van der Waals surface area contributed by atoms with Crippen LogP contribution in [0.2, 0.25) is 0 Å². The van der Waals surface area contributed by atoms with Crippen molar-refractivity contribution >= 4 is 5.91 Å². The maximum atomic E-state index is 11.5. The van der Waals surface area contributed by atoms with E-state index >= 15 is 0 Å². The van der Waals surface area contributed by atoms with Crippen molar-refractivity contribution in [1.29, 1.82) is 0 Å². The quantitative estimate of drug-likeness (QED) is 0.747. The zero-order valence-electron chi connectivity index (χ0n) is 11.6. The summed E-state index contributed by atoms with van der Waals surface area (Å²) in [6.07, 6.45) is 5.38. The van der Waals surface area contributed by atoms with Gasteiger partial charge in [-0.25, -0.2) is 0 Å². The van der Waals surface area contributed by atoms with E-state index in [0.717, 1.165) is 24.9 Å². The number of hydrogen-bond donors (Lipinski definition) is 2. The van der Waals surface area contributed by atoms with E-state index in [1.54, 1.807) is 0 Å². The van der Waals surface area contributed by atoms with Gasteiger partial charge in [-0.15, -0.1) is 0 Å². The second-order valence-electron chi connectivity index (χ2n) is 5.97. The van der Waals surface area contributed by atoms with Crippen molar-refractivity contribution < 1.29 is 4.79 Å². The molecule has 1 saturated carbocycles. The maximum Gasteiger partial charge on any atom is 0.233 e. The van der Waals surface area contributed by atoms with Crippen molar-refractivity contribution in [2.75, 3.05) is 19.6 Å². The van der Waals surface area contributed by atoms with E-state index in [9.17, 15) is 4.79 Å². The van der Waals surface area contributed by atoms with Gasteiger partial charge in [0.2, 0.25) is 5.91 Å². The summed E-state index contributed by atoms with van der Waals surface area (Å²) in [5, 5.41) is 6.21. The van der Waals surface area contributed by atoms with Gasteiger partial charge in [0.1, 0.15) is 0 Å². The fraction of sp³-hybridized carbons (Fsp3) is 0.929. The molecule has 0 spiro atoms. The summed E-state index contributed by atoms with van der Waals surface area (Å²) in [4.78, 5) is 11.5. The van der Waals surface area contributed by atoms with Gasteiger partial charge in [0.25, 0.3) is 0 Å². The zero-order valence-corrected chi connectivity index (χ0v) is 11.6. The fourth-order valence-electron chi connectivity index (χ4n) is 2.52. The van der Waals surface area contributed by atoms with Crippen LogP contribution in [0.25, 0.3) is 0 Å². The van der Waals surface area contributed by atoms with Crippen LogP contribution in [-0.4, -0.2) is 25.5 Å². The molecular formula is C14H28N2O. The van der Waals surface area contributed by atoms with Crippen LogP contribution in [0.15, 0.2) is 0 Å². The lowest BCUT2D eigenvalue weighted by Crippen LogP contribution is -2.38. The molecule has 17 heavy (non-hydrogen) atoms. The van der Waals surface area contributed by atoms with Gasteiger partial charge < -0.3 is 10.6 Å². The Morgan fingerprint density at radius 3 is 2.76 bits per heavy atom. The van der Waals surface area contributed by atoms with Gasteiger partial charge in [0.15, 0.2) is 0 Å². The Morgan fingerprint density at radius 1 is 1.35 bits per heavy atom. The Kier molecular flexibility index (Phi) is 6.56. The molecule has 1 aliphatic rings. The van der Waals surface area contributed by atoms with Crippen LogP contribution in [-0.2, 0) is 4.79 Å². The van der Waals surface area contributed by atoms with Crippen LogP contribution in [0.5, 0.6) is 0 Å². The molecule has 3 nitrogen and oxygen atoms in total. The SMILES string of the molecule is CC(C)CNC(=O)CNCC1CCCC(C)C1. The molecule has 0 aromatic rings. The molecule has 100 valence electrons. The van der Waals surface area contributed by atoms with Gasteiger partial charge in [0.05, 0.1) is 6.54 Å². The minimum absolute atomic E-state index is 0.127. The van der Waals surface area contributed by atoms with Crippen molar-refractivity contribution in [2.45, 2.75) is 46.5 Å². The molecular weight excluding hydrogens is 212 g/mol. The van der Waals surface area contributed by atoms with Crippen LogP contribution >= 0.6 is 0 Å². The predicted molar refractivity (Wildman–Crippen MR) is 71.8 cm³/mol. The van der Waals surface area contributed by atoms with Gasteiger partial charge >= 0.3 is 0 Å². The molecule has 0 saturated heterocycles. The van der Waals surface area contributed by atoms with Crippen molar-refractivity contribution in [3.63, 3.8) is 0 Å². The predicted octanol–water partition coefficient (Wildman–Crippen LogP) is 2.17. The van der Waals surface area contributed by atoms with Crippen molar-refractivity contribution in [3.8, 4) is 0 Å². The Labute approximate surface area is 106 Å². The second kappa shape index (κ2) is 7.70. The topological polar surface area (TPSA) is 41.1 Å². The molecule has 0 aromatic carbocycles. The smallest absolute Gasteiger partial charge is 0.233 e. The third-order valence-corrected chi connectivity index (χ3v) is 3.47. The number of carbonyl (C=O) groups is 1. The average molecular weight is 240 g/mol. The molecule has 0 heterocycles. The lowest BCUT2D eigenvalue weighted by molar-refractivity contribution is -0.120. The maximum absolute atomic E-state index is 11.5. The molecule has 0 aromatic heterocycles. The number of amides is 1. The van der Waals surface area contributed by atoms with Crippen LogP contribution < -0.4 is 10.6 Å². The van der Waals surface area contributed by atoms with Crippen LogP contribution in [0.3, 0.4) is 0 Å². The highest BCUT2D eigenvalue weighted by molar-refractivity contribution is 5.77. The molecule has 0 aliphatic heterocycles. The first-order chi connectivity index (χ1) is 8.08. The van der Waals surface area contributed by atoms with Gasteiger partial charge in [-0.2, -0.15) is 0 Å². The molecule has 3 heteroatoms. The first kappa shape index (κ1) is 14.5. The van der Waals surface area contributed by atoms with E-state index in [-0.39, 0.29) is 5.91 Å². The Hall–Kier alpha value is -0.570. The minimum atomic E-state index is 0.127. The molecule has 0 radical (unpaired) electrons. The Balaban J connectivity index is 2.04. The number of nitrogens with one attached hydrogen (secondary N) is 2. The van der Waals surface area contributed by atoms with E-state index in [2.05, 4.69) is 31.4 Å². The molecule has 2 unspecified atom stereocenters. The summed E-state index contributed by atoms with van der Waals surface area (Å²) in [6, 6.07) is 0. The molecule has 2 N–H and O–H groups in total. The van der Waals surface area contributed by atoms with Crippen molar-refractivity contribution in [3.05, 3.63) is 0 Å². The first-order valence-electron chi connectivity index (χ1n) is 7.05. The highest BCUT2D eigenvalue weighted by atomic mass is 16.1. The largest absolute Gasteiger partial charge is 0.355 e. The summed E-state index contributed by atoms with van der Waals surface area (Å²) in [6.45, 7) is 8.80. The molecule has 1 fully saturated rings. The Morgan fingerprint density at radius 2 is 2.12 bits per heavy atom. The highest BCUT2D eigenvalue weighted by Crippen LogP contribution is 2.27. The molecule has 2 atom stereocenters. The zero-order chi connectivity index (χ0) is 12.7. The van der Waals surface area contributed by atoms with E-state index in [0.29, 0.717) is 12.5 Å². The van der Waals surface area contributed by atoms with Crippen LogP contribution in [0.1, 0.15) is 46.5 Å². The monoisotopic (exact) mass is 240 g/mol. The van der Waals surface area contributed by atoms with Gasteiger partial charge in [-0.1, -0.05) is 33.6 Å². The van der Waals surface area contributed by atoms with Gasteiger partial charge in [-0.3, -0.25) is 4.79 Å². The van der Waals surface area contributed by atoms with Gasteiger partial charge in [-0.05, 0) is 37.1 Å². The summed E-state index contributed by atoms with van der Waals surface area (Å²) in [5.41, 5.74) is 0. The lowest BCUT2D eigenvalue weighted by atomic mass is 9.82. The van der Waals surface area contributed by atoms with Crippen molar-refractivity contribution in [2.24, 2.45) is 17.8 Å². The van der Waals surface area contributed by atoms with E-state index in [1.165, 1.54) is 25.7 Å². The lowest BCUT2D eigenvalue weighted by Gasteiger charge is -2.26. The fourth-order valence-corrected chi connectivity index (χ4v) is 2.52. The first-order valence-corrected chi connectivity index (χ1v) is 7.05. The summed E-state index contributed by atoms with van der Waals surface area (Å²) in [7, 11) is 0. The van der Waals surface area contributed by atoms with E-state index in [1.807, 2.05) is 0 Å². The summed E-state index contributed by atoms with van der Waals surface area (Å²) < 4.78 is 0. The van der Waals surface area contributed by atoms with Gasteiger partial charge in [0, 0.05) is 6.54 Å². The number of carbonyl (C=O) groups excluding carboxylic acids is 1. The van der Waals surface area contributed by atoms with Crippen LogP contribution in [0, 0.1) is 17.8 Å². The normalized spacial score (nSPS) is 24.9.